The first-order valence-corrected chi connectivity index (χ1v) is 8.58. The summed E-state index contributed by atoms with van der Waals surface area (Å²) in [5.74, 6) is 2.12. The van der Waals surface area contributed by atoms with Crippen LogP contribution in [0.5, 0.6) is 17.2 Å². The van der Waals surface area contributed by atoms with Crippen molar-refractivity contribution in [3.63, 3.8) is 0 Å². The molecule has 2 aromatic carbocycles. The minimum absolute atomic E-state index is 0.0530. The Bertz CT molecular complexity index is 756. The lowest BCUT2D eigenvalue weighted by atomic mass is 10.1. The molecule has 0 saturated heterocycles. The maximum atomic E-state index is 6.06. The molecule has 0 aromatic heterocycles. The first kappa shape index (κ1) is 19.1. The van der Waals surface area contributed by atoms with Gasteiger partial charge in [0.05, 0.1) is 19.3 Å². The molecule has 5 heteroatoms. The number of thiocarbonyl (C=S) groups is 1. The van der Waals surface area contributed by atoms with E-state index in [4.69, 9.17) is 31.2 Å². The maximum Gasteiger partial charge on any atom is 0.357 e. The van der Waals surface area contributed by atoms with Crippen LogP contribution in [0.25, 0.3) is 0 Å². The van der Waals surface area contributed by atoms with Crippen molar-refractivity contribution in [3.05, 3.63) is 52.6 Å². The quantitative estimate of drug-likeness (QED) is 0.685. The van der Waals surface area contributed by atoms with E-state index in [1.54, 1.807) is 0 Å². The Kier molecular flexibility index (Phi) is 6.65. The number of aryl methyl sites for hydroxylation is 3. The molecule has 0 bridgehead atoms. The van der Waals surface area contributed by atoms with Crippen LogP contribution >= 0.6 is 12.2 Å². The molecule has 0 amide bonds. The number of rotatable bonds is 6. The summed E-state index contributed by atoms with van der Waals surface area (Å²) >= 11 is 5.01. The van der Waals surface area contributed by atoms with Crippen LogP contribution in [0.15, 0.2) is 30.3 Å². The molecule has 0 unspecified atom stereocenters. The number of benzene rings is 2. The Morgan fingerprint density at radius 1 is 0.920 bits per heavy atom. The molecular formula is C20H24O4S. The van der Waals surface area contributed by atoms with Crippen molar-refractivity contribution in [2.24, 2.45) is 0 Å². The van der Waals surface area contributed by atoms with E-state index < -0.39 is 0 Å². The predicted molar refractivity (Wildman–Crippen MR) is 103 cm³/mol. The first-order valence-electron chi connectivity index (χ1n) is 8.17. The summed E-state index contributed by atoms with van der Waals surface area (Å²) in [7, 11) is 1.48. The van der Waals surface area contributed by atoms with Crippen molar-refractivity contribution in [3.8, 4) is 17.2 Å². The molecule has 4 nitrogen and oxygen atoms in total. The van der Waals surface area contributed by atoms with Gasteiger partial charge in [-0.25, -0.2) is 0 Å². The Morgan fingerprint density at radius 3 is 2.28 bits per heavy atom. The van der Waals surface area contributed by atoms with Crippen LogP contribution in [0.4, 0.5) is 0 Å². The molecule has 0 fully saturated rings. The number of ether oxygens (including phenoxy) is 4. The second-order valence-electron chi connectivity index (χ2n) is 5.71. The molecule has 0 aliphatic carbocycles. The monoisotopic (exact) mass is 360 g/mol. The van der Waals surface area contributed by atoms with Gasteiger partial charge in [0.2, 0.25) is 0 Å². The van der Waals surface area contributed by atoms with Gasteiger partial charge in [-0.05, 0) is 62.6 Å². The molecule has 2 aromatic rings. The minimum Gasteiger partial charge on any atom is -0.493 e. The molecule has 25 heavy (non-hydrogen) atoms. The van der Waals surface area contributed by atoms with E-state index in [1.807, 2.05) is 38.1 Å². The van der Waals surface area contributed by atoms with E-state index in [0.29, 0.717) is 24.7 Å². The fourth-order valence-electron chi connectivity index (χ4n) is 2.45. The van der Waals surface area contributed by atoms with Crippen LogP contribution in [-0.2, 0) is 11.3 Å². The van der Waals surface area contributed by atoms with Crippen molar-refractivity contribution in [2.75, 3.05) is 13.7 Å². The lowest BCUT2D eigenvalue weighted by Gasteiger charge is -2.17. The largest absolute Gasteiger partial charge is 0.493 e. The maximum absolute atomic E-state index is 6.06. The van der Waals surface area contributed by atoms with Crippen LogP contribution in [0.3, 0.4) is 0 Å². The molecule has 0 heterocycles. The molecule has 0 spiro atoms. The first-order chi connectivity index (χ1) is 12.0. The zero-order valence-corrected chi connectivity index (χ0v) is 16.2. The van der Waals surface area contributed by atoms with Crippen molar-refractivity contribution in [1.29, 1.82) is 0 Å². The number of methoxy groups -OCH3 is 1. The third-order valence-corrected chi connectivity index (χ3v) is 4.16. The Morgan fingerprint density at radius 2 is 1.60 bits per heavy atom. The molecule has 0 aliphatic heterocycles. The summed E-state index contributed by atoms with van der Waals surface area (Å²) in [4.78, 5) is 0. The Labute approximate surface area is 154 Å². The second-order valence-corrected chi connectivity index (χ2v) is 6.05. The molecule has 134 valence electrons. The van der Waals surface area contributed by atoms with Gasteiger partial charge in [0.1, 0.15) is 23.9 Å². The summed E-state index contributed by atoms with van der Waals surface area (Å²) < 4.78 is 22.3. The number of hydrogen-bond acceptors (Lipinski definition) is 5. The Hall–Kier alpha value is -2.27. The molecule has 2 rings (SSSR count). The van der Waals surface area contributed by atoms with Gasteiger partial charge in [-0.15, -0.1) is 0 Å². The average Bonchev–Trinajstić information content (AvgIpc) is 2.58. The van der Waals surface area contributed by atoms with Crippen molar-refractivity contribution in [2.45, 2.75) is 34.3 Å². The highest BCUT2D eigenvalue weighted by Crippen LogP contribution is 2.31. The lowest BCUT2D eigenvalue weighted by molar-refractivity contribution is 0.272. The van der Waals surface area contributed by atoms with Gasteiger partial charge in [-0.3, -0.25) is 0 Å². The second kappa shape index (κ2) is 8.72. The number of hydrogen-bond donors (Lipinski definition) is 0. The van der Waals surface area contributed by atoms with E-state index in [1.165, 1.54) is 18.2 Å². The third kappa shape index (κ3) is 4.86. The molecule has 0 N–H and O–H groups in total. The zero-order chi connectivity index (χ0) is 18.4. The lowest BCUT2D eigenvalue weighted by Crippen LogP contribution is -2.11. The van der Waals surface area contributed by atoms with Crippen LogP contribution < -0.4 is 14.2 Å². The van der Waals surface area contributed by atoms with Crippen molar-refractivity contribution in [1.82, 2.24) is 0 Å². The van der Waals surface area contributed by atoms with Crippen molar-refractivity contribution >= 4 is 17.5 Å². The van der Waals surface area contributed by atoms with Gasteiger partial charge < -0.3 is 18.9 Å². The summed E-state index contributed by atoms with van der Waals surface area (Å²) in [5.41, 5.74) is 4.32. The van der Waals surface area contributed by atoms with Crippen LogP contribution in [0, 0.1) is 20.8 Å². The van der Waals surface area contributed by atoms with E-state index in [0.717, 1.165) is 16.9 Å². The third-order valence-electron chi connectivity index (χ3n) is 3.91. The molecule has 0 radical (unpaired) electrons. The normalized spacial score (nSPS) is 10.3. The van der Waals surface area contributed by atoms with E-state index >= 15 is 0 Å². The molecular weight excluding hydrogens is 336 g/mol. The van der Waals surface area contributed by atoms with Crippen LogP contribution in [-0.4, -0.2) is 19.0 Å². The smallest absolute Gasteiger partial charge is 0.357 e. The summed E-state index contributed by atoms with van der Waals surface area (Å²) in [6.45, 7) is 8.99. The fourth-order valence-corrected chi connectivity index (χ4v) is 2.53. The highest BCUT2D eigenvalue weighted by atomic mass is 32.1. The minimum atomic E-state index is 0.0530. The standard InChI is InChI=1S/C20H24O4S/c1-6-22-17-8-7-9-18(24-20(25)21-5)16(17)12-23-19-11-14(3)13(2)10-15(19)4/h7-11H,6,12H2,1-5H3. The predicted octanol–water partition coefficient (Wildman–Crippen LogP) is 4.90. The van der Waals surface area contributed by atoms with Gasteiger partial charge in [0, 0.05) is 12.2 Å². The fraction of sp³-hybridized carbons (Fsp3) is 0.350. The van der Waals surface area contributed by atoms with Crippen molar-refractivity contribution < 1.29 is 18.9 Å². The molecule has 0 atom stereocenters. The Balaban J connectivity index is 2.30. The average molecular weight is 360 g/mol. The van der Waals surface area contributed by atoms with Crippen LogP contribution in [0.2, 0.25) is 0 Å². The van der Waals surface area contributed by atoms with Gasteiger partial charge in [-0.1, -0.05) is 12.1 Å². The van der Waals surface area contributed by atoms with Gasteiger partial charge in [0.15, 0.2) is 0 Å². The summed E-state index contributed by atoms with van der Waals surface area (Å²) in [6, 6.07) is 9.73. The molecule has 0 aliphatic rings. The highest BCUT2D eigenvalue weighted by Gasteiger charge is 2.15. The summed E-state index contributed by atoms with van der Waals surface area (Å²) in [5, 5.41) is 0.0530. The SMILES string of the molecule is CCOc1cccc(OC(=S)OC)c1COc1cc(C)c(C)cc1C. The van der Waals surface area contributed by atoms with Gasteiger partial charge in [0.25, 0.3) is 0 Å². The van der Waals surface area contributed by atoms with E-state index in [2.05, 4.69) is 19.9 Å². The van der Waals surface area contributed by atoms with E-state index in [-0.39, 0.29) is 5.24 Å². The highest BCUT2D eigenvalue weighted by molar-refractivity contribution is 7.79. The van der Waals surface area contributed by atoms with Gasteiger partial charge >= 0.3 is 5.24 Å². The summed E-state index contributed by atoms with van der Waals surface area (Å²) in [6.07, 6.45) is 0. The zero-order valence-electron chi connectivity index (χ0n) is 15.3. The topological polar surface area (TPSA) is 36.9 Å². The van der Waals surface area contributed by atoms with E-state index in [9.17, 15) is 0 Å². The van der Waals surface area contributed by atoms with Gasteiger partial charge in [-0.2, -0.15) is 0 Å². The molecule has 0 saturated carbocycles. The van der Waals surface area contributed by atoms with Crippen LogP contribution in [0.1, 0.15) is 29.2 Å².